The van der Waals surface area contributed by atoms with Gasteiger partial charge < -0.3 is 19.5 Å². The molecule has 6 heteroatoms. The first-order valence-corrected chi connectivity index (χ1v) is 6.49. The summed E-state index contributed by atoms with van der Waals surface area (Å²) in [7, 11) is 0. The van der Waals surface area contributed by atoms with E-state index in [0.29, 0.717) is 11.8 Å². The van der Waals surface area contributed by atoms with E-state index >= 15 is 0 Å². The Balaban J connectivity index is 1.52. The van der Waals surface area contributed by atoms with Gasteiger partial charge in [-0.15, -0.1) is 0 Å². The van der Waals surface area contributed by atoms with Crippen molar-refractivity contribution in [1.82, 2.24) is 5.23 Å². The smallest absolute Gasteiger partial charge is 0.310 e. The van der Waals surface area contributed by atoms with Crippen LogP contribution in [0, 0.1) is 23.0 Å². The van der Waals surface area contributed by atoms with Gasteiger partial charge in [-0.2, -0.15) is 0 Å². The molecule has 0 N–H and O–H groups in total. The SMILES string of the molecule is CC(C)C(=O)OCOC1C2ON([O-])C3C[C@@H]1CC23. The van der Waals surface area contributed by atoms with Crippen LogP contribution in [0.15, 0.2) is 0 Å². The van der Waals surface area contributed by atoms with Gasteiger partial charge in [0.2, 0.25) is 0 Å². The van der Waals surface area contributed by atoms with Gasteiger partial charge in [-0.3, -0.25) is 10.0 Å². The molecule has 0 aromatic heterocycles. The summed E-state index contributed by atoms with van der Waals surface area (Å²) in [6.07, 6.45) is 1.55. The van der Waals surface area contributed by atoms with Crippen LogP contribution in [-0.2, 0) is 19.1 Å². The van der Waals surface area contributed by atoms with Crippen LogP contribution in [0.2, 0.25) is 0 Å². The Morgan fingerprint density at radius 3 is 3.00 bits per heavy atom. The predicted molar refractivity (Wildman–Crippen MR) is 60.8 cm³/mol. The van der Waals surface area contributed by atoms with Crippen LogP contribution in [0.3, 0.4) is 0 Å². The Kier molecular flexibility index (Phi) is 3.05. The van der Waals surface area contributed by atoms with Gasteiger partial charge in [0.05, 0.1) is 12.0 Å². The molecule has 1 saturated heterocycles. The van der Waals surface area contributed by atoms with Crippen molar-refractivity contribution in [3.8, 4) is 0 Å². The van der Waals surface area contributed by atoms with Crippen molar-refractivity contribution in [2.75, 3.05) is 6.79 Å². The van der Waals surface area contributed by atoms with Gasteiger partial charge in [0.1, 0.15) is 6.10 Å². The molecule has 3 rings (SSSR count). The summed E-state index contributed by atoms with van der Waals surface area (Å²) in [6, 6.07) is 0.0121. The lowest BCUT2D eigenvalue weighted by Gasteiger charge is -2.26. The molecule has 0 aromatic carbocycles. The fraction of sp³-hybridized carbons (Fsp3) is 0.917. The molecule has 0 amide bonds. The van der Waals surface area contributed by atoms with E-state index in [9.17, 15) is 10.0 Å². The van der Waals surface area contributed by atoms with Crippen LogP contribution in [-0.4, -0.2) is 36.2 Å². The van der Waals surface area contributed by atoms with Crippen molar-refractivity contribution in [2.24, 2.45) is 17.8 Å². The van der Waals surface area contributed by atoms with Crippen LogP contribution in [0.4, 0.5) is 0 Å². The zero-order chi connectivity index (χ0) is 12.9. The van der Waals surface area contributed by atoms with Crippen LogP contribution >= 0.6 is 0 Å². The summed E-state index contributed by atoms with van der Waals surface area (Å²) >= 11 is 0. The molecule has 0 spiro atoms. The van der Waals surface area contributed by atoms with Gasteiger partial charge in [0.15, 0.2) is 6.79 Å². The number of fused-ring (bicyclic) bond motifs is 1. The quantitative estimate of drug-likeness (QED) is 0.553. The first-order chi connectivity index (χ1) is 8.58. The molecule has 6 nitrogen and oxygen atoms in total. The minimum absolute atomic E-state index is 0.0121. The first-order valence-electron chi connectivity index (χ1n) is 6.49. The van der Waals surface area contributed by atoms with Crippen molar-refractivity contribution in [3.63, 3.8) is 0 Å². The number of nitrogens with zero attached hydrogens (tertiary/aromatic N) is 1. The van der Waals surface area contributed by atoms with Gasteiger partial charge in [-0.05, 0) is 18.8 Å². The van der Waals surface area contributed by atoms with E-state index in [4.69, 9.17) is 14.3 Å². The lowest BCUT2D eigenvalue weighted by Crippen LogP contribution is -2.36. The highest BCUT2D eigenvalue weighted by Gasteiger charge is 2.59. The Labute approximate surface area is 106 Å². The van der Waals surface area contributed by atoms with E-state index in [1.54, 1.807) is 13.8 Å². The van der Waals surface area contributed by atoms with Gasteiger partial charge in [0.25, 0.3) is 0 Å². The average molecular weight is 256 g/mol. The highest BCUT2D eigenvalue weighted by Crippen LogP contribution is 2.53. The molecule has 0 aromatic rings. The maximum Gasteiger partial charge on any atom is 0.310 e. The number of hydrogen-bond donors (Lipinski definition) is 0. The molecule has 1 heterocycles. The number of hydrogen-bond acceptors (Lipinski definition) is 6. The maximum atomic E-state index is 11.5. The number of rotatable bonds is 4. The maximum absolute atomic E-state index is 11.5. The largest absolute Gasteiger partial charge is 0.762 e. The number of carbonyl (C=O) groups is 1. The fourth-order valence-electron chi connectivity index (χ4n) is 3.37. The first kappa shape index (κ1) is 12.3. The van der Waals surface area contributed by atoms with Crippen LogP contribution < -0.4 is 0 Å². The Bertz CT molecular complexity index is 347. The molecule has 4 unspecified atom stereocenters. The standard InChI is InChI=1S/C12H18NO5/c1-6(2)12(14)17-5-16-10-7-3-8-9(4-7)13(15)18-11(8)10/h6-11H,3-5H2,1-2H3/q-1/t7-,8?,9?,10?,11?/m0/s1. The lowest BCUT2D eigenvalue weighted by molar-refractivity contribution is -0.187. The monoisotopic (exact) mass is 256 g/mol. The van der Waals surface area contributed by atoms with Crippen molar-refractivity contribution in [2.45, 2.75) is 44.9 Å². The number of hydroxylamine groups is 2. The van der Waals surface area contributed by atoms with Gasteiger partial charge in [0, 0.05) is 12.0 Å². The zero-order valence-electron chi connectivity index (χ0n) is 10.6. The summed E-state index contributed by atoms with van der Waals surface area (Å²) in [5.74, 6) is 0.228. The molecule has 5 atom stereocenters. The Morgan fingerprint density at radius 2 is 2.28 bits per heavy atom. The minimum Gasteiger partial charge on any atom is -0.762 e. The third-order valence-corrected chi connectivity index (χ3v) is 4.25. The number of esters is 1. The molecule has 102 valence electrons. The van der Waals surface area contributed by atoms with E-state index in [2.05, 4.69) is 0 Å². The van der Waals surface area contributed by atoms with Gasteiger partial charge in [-0.1, -0.05) is 13.8 Å². The second kappa shape index (κ2) is 4.45. The highest BCUT2D eigenvalue weighted by molar-refractivity contribution is 5.71. The van der Waals surface area contributed by atoms with Crippen molar-refractivity contribution >= 4 is 5.97 Å². The topological polar surface area (TPSA) is 71.1 Å². The number of carbonyl (C=O) groups excluding carboxylic acids is 1. The predicted octanol–water partition coefficient (Wildman–Crippen LogP) is 1.05. The lowest BCUT2D eigenvalue weighted by atomic mass is 9.92. The van der Waals surface area contributed by atoms with E-state index in [1.807, 2.05) is 0 Å². The van der Waals surface area contributed by atoms with E-state index in [-0.39, 0.29) is 36.9 Å². The third-order valence-electron chi connectivity index (χ3n) is 4.25. The molecule has 2 saturated carbocycles. The minimum atomic E-state index is -0.270. The molecule has 2 bridgehead atoms. The molecular weight excluding hydrogens is 238 g/mol. The fourth-order valence-corrected chi connectivity index (χ4v) is 3.37. The van der Waals surface area contributed by atoms with Gasteiger partial charge in [-0.25, -0.2) is 0 Å². The van der Waals surface area contributed by atoms with Crippen LogP contribution in [0.25, 0.3) is 0 Å². The molecule has 3 aliphatic rings. The van der Waals surface area contributed by atoms with Crippen molar-refractivity contribution in [1.29, 1.82) is 0 Å². The summed E-state index contributed by atoms with van der Waals surface area (Å²) in [4.78, 5) is 16.6. The second-order valence-corrected chi connectivity index (χ2v) is 5.69. The molecule has 2 aliphatic carbocycles. The third kappa shape index (κ3) is 1.84. The highest BCUT2D eigenvalue weighted by atomic mass is 16.9. The van der Waals surface area contributed by atoms with E-state index < -0.39 is 0 Å². The number of ether oxygens (including phenoxy) is 2. The van der Waals surface area contributed by atoms with Gasteiger partial charge >= 0.3 is 5.97 Å². The summed E-state index contributed by atoms with van der Waals surface area (Å²) < 4.78 is 10.6. The van der Waals surface area contributed by atoms with Crippen molar-refractivity contribution in [3.05, 3.63) is 5.21 Å². The van der Waals surface area contributed by atoms with E-state index in [0.717, 1.165) is 18.1 Å². The molecular formula is C12H18NO5-. The Hall–Kier alpha value is -0.690. The molecule has 3 fully saturated rings. The molecule has 1 aliphatic heterocycles. The normalized spacial score (nSPS) is 41.9. The molecule has 18 heavy (non-hydrogen) atoms. The summed E-state index contributed by atoms with van der Waals surface area (Å²) in [5.41, 5.74) is 0. The van der Waals surface area contributed by atoms with E-state index in [1.165, 1.54) is 0 Å². The zero-order valence-corrected chi connectivity index (χ0v) is 10.6. The van der Waals surface area contributed by atoms with Crippen molar-refractivity contribution < 1.29 is 19.1 Å². The summed E-state index contributed by atoms with van der Waals surface area (Å²) in [6.45, 7) is 3.51. The Morgan fingerprint density at radius 1 is 1.50 bits per heavy atom. The average Bonchev–Trinajstić information content (AvgIpc) is 2.92. The second-order valence-electron chi connectivity index (χ2n) is 5.69. The van der Waals surface area contributed by atoms with Crippen LogP contribution in [0.1, 0.15) is 26.7 Å². The van der Waals surface area contributed by atoms with Crippen LogP contribution in [0.5, 0.6) is 0 Å². The summed E-state index contributed by atoms with van der Waals surface area (Å²) in [5, 5.41) is 12.2. The molecule has 0 radical (unpaired) electrons.